The fraction of sp³-hybridized carbons (Fsp3) is 0.0667. The topological polar surface area (TPSA) is 90.8 Å². The second-order valence-corrected chi connectivity index (χ2v) is 6.30. The van der Waals surface area contributed by atoms with Gasteiger partial charge in [-0.1, -0.05) is 23.2 Å². The Kier molecular flexibility index (Phi) is 5.03. The van der Waals surface area contributed by atoms with E-state index in [1.165, 1.54) is 21.5 Å². The van der Waals surface area contributed by atoms with Crippen molar-refractivity contribution < 1.29 is 4.79 Å². The Morgan fingerprint density at radius 2 is 1.84 bits per heavy atom. The quantitative estimate of drug-likeness (QED) is 0.508. The van der Waals surface area contributed by atoms with Gasteiger partial charge in [0.25, 0.3) is 0 Å². The van der Waals surface area contributed by atoms with Gasteiger partial charge in [0.15, 0.2) is 5.78 Å². The van der Waals surface area contributed by atoms with Crippen LogP contribution in [0, 0.1) is 4.77 Å². The average Bonchev–Trinajstić information content (AvgIpc) is 2.82. The van der Waals surface area contributed by atoms with Crippen LogP contribution < -0.4 is 11.2 Å². The summed E-state index contributed by atoms with van der Waals surface area (Å²) in [5.74, 6) is -0.118. The molecule has 0 fully saturated rings. The highest BCUT2D eigenvalue weighted by molar-refractivity contribution is 7.71. The molecule has 0 aliphatic rings. The Balaban J connectivity index is 1.85. The van der Waals surface area contributed by atoms with Gasteiger partial charge in [-0.15, -0.1) is 5.10 Å². The number of anilines is 2. The zero-order valence-corrected chi connectivity index (χ0v) is 15.0. The monoisotopic (exact) mass is 394 g/mol. The van der Waals surface area contributed by atoms with E-state index >= 15 is 0 Å². The summed E-state index contributed by atoms with van der Waals surface area (Å²) in [5.41, 5.74) is 9.99. The van der Waals surface area contributed by atoms with Crippen LogP contribution in [0.5, 0.6) is 0 Å². The number of nitrogens with zero attached hydrogens (tertiary/aromatic N) is 4. The van der Waals surface area contributed by atoms with Gasteiger partial charge in [0.2, 0.25) is 10.7 Å². The van der Waals surface area contributed by atoms with Crippen LogP contribution in [0.15, 0.2) is 42.7 Å². The maximum atomic E-state index is 12.4. The number of nitrogens with one attached hydrogen (secondary N) is 1. The van der Waals surface area contributed by atoms with Crippen molar-refractivity contribution in [2.24, 2.45) is 0 Å². The van der Waals surface area contributed by atoms with E-state index in [0.717, 1.165) is 5.69 Å². The third-order valence-corrected chi connectivity index (χ3v) is 4.09. The molecular weight excluding hydrogens is 383 g/mol. The molecule has 3 aromatic rings. The van der Waals surface area contributed by atoms with Gasteiger partial charge < -0.3 is 5.73 Å². The van der Waals surface area contributed by atoms with Crippen molar-refractivity contribution in [3.05, 3.63) is 63.1 Å². The first kappa shape index (κ1) is 17.4. The van der Waals surface area contributed by atoms with Crippen molar-refractivity contribution >= 4 is 52.8 Å². The number of nitrogen functional groups attached to an aromatic ring is 1. The summed E-state index contributed by atoms with van der Waals surface area (Å²) < 4.78 is 2.98. The van der Waals surface area contributed by atoms with Crippen LogP contribution in [0.2, 0.25) is 10.0 Å². The fourth-order valence-corrected chi connectivity index (χ4v) is 2.90. The van der Waals surface area contributed by atoms with Crippen LogP contribution in [0.3, 0.4) is 0 Å². The average molecular weight is 395 g/mol. The number of Topliss-reactive ketones (excluding diaryl/α,β-unsaturated/α-hetero) is 1. The fourth-order valence-electron chi connectivity index (χ4n) is 2.13. The summed E-state index contributed by atoms with van der Waals surface area (Å²) >= 11 is 17.2. The molecule has 0 aliphatic carbocycles. The summed E-state index contributed by atoms with van der Waals surface area (Å²) in [4.78, 5) is 16.4. The molecule has 0 amide bonds. The van der Waals surface area contributed by atoms with Crippen LogP contribution in [0.1, 0.15) is 10.4 Å². The third kappa shape index (κ3) is 3.98. The maximum Gasteiger partial charge on any atom is 0.240 e. The number of rotatable bonds is 5. The zero-order valence-electron chi connectivity index (χ0n) is 12.7. The number of carbonyl (C=O) groups is 1. The minimum atomic E-state index is -0.242. The highest BCUT2D eigenvalue weighted by atomic mass is 35.5. The summed E-state index contributed by atoms with van der Waals surface area (Å²) in [7, 11) is 0. The number of nitrogens with two attached hydrogens (primary N) is 1. The van der Waals surface area contributed by atoms with Crippen LogP contribution in [-0.2, 0) is 6.54 Å². The van der Waals surface area contributed by atoms with Crippen molar-refractivity contribution in [2.75, 3.05) is 11.2 Å². The molecule has 0 unspecified atom stereocenters. The van der Waals surface area contributed by atoms with Gasteiger partial charge in [-0.2, -0.15) is 4.68 Å². The summed E-state index contributed by atoms with van der Waals surface area (Å²) in [6, 6.07) is 8.12. The Bertz CT molecular complexity index is 965. The molecule has 10 heteroatoms. The van der Waals surface area contributed by atoms with Gasteiger partial charge in [0, 0.05) is 28.0 Å². The minimum Gasteiger partial charge on any atom is -0.366 e. The van der Waals surface area contributed by atoms with E-state index in [0.29, 0.717) is 15.6 Å². The van der Waals surface area contributed by atoms with Gasteiger partial charge in [-0.05, 0) is 42.5 Å². The van der Waals surface area contributed by atoms with Crippen LogP contribution in [-0.4, -0.2) is 25.2 Å². The van der Waals surface area contributed by atoms with Crippen molar-refractivity contribution in [2.45, 2.75) is 6.54 Å². The molecule has 2 aromatic heterocycles. The predicted octanol–water partition coefficient (Wildman–Crippen LogP) is 3.46. The molecular formula is C15H12Cl2N6OS. The van der Waals surface area contributed by atoms with E-state index in [9.17, 15) is 4.79 Å². The molecule has 0 saturated carbocycles. The number of aromatic nitrogens is 4. The van der Waals surface area contributed by atoms with E-state index < -0.39 is 0 Å². The standard InChI is InChI=1S/C15H12Cl2N6OS/c16-10-5-9(6-11(17)7-10)13(24)8-22-15(25)23(14(18)21-22)20-12-1-3-19-4-2-12/h1-7H,8H2,(H2,18,21)(H,19,20). The first-order valence-electron chi connectivity index (χ1n) is 7.06. The lowest BCUT2D eigenvalue weighted by atomic mass is 10.1. The third-order valence-electron chi connectivity index (χ3n) is 3.26. The number of carbonyl (C=O) groups excluding carboxylic acids is 1. The molecule has 3 N–H and O–H groups in total. The first-order chi connectivity index (χ1) is 11.9. The lowest BCUT2D eigenvalue weighted by Gasteiger charge is -2.07. The van der Waals surface area contributed by atoms with Crippen LogP contribution in [0.4, 0.5) is 11.6 Å². The van der Waals surface area contributed by atoms with Gasteiger partial charge in [0.1, 0.15) is 6.54 Å². The van der Waals surface area contributed by atoms with Crippen molar-refractivity contribution in [3.63, 3.8) is 0 Å². The molecule has 25 heavy (non-hydrogen) atoms. The number of halogens is 2. The van der Waals surface area contributed by atoms with E-state index in [2.05, 4.69) is 15.5 Å². The molecule has 0 aliphatic heterocycles. The predicted molar refractivity (Wildman–Crippen MR) is 99.5 cm³/mol. The van der Waals surface area contributed by atoms with E-state index in [-0.39, 0.29) is 23.0 Å². The van der Waals surface area contributed by atoms with Gasteiger partial charge in [-0.3, -0.25) is 15.2 Å². The molecule has 0 atom stereocenters. The zero-order chi connectivity index (χ0) is 18.0. The number of ketones is 1. The molecule has 128 valence electrons. The van der Waals surface area contributed by atoms with E-state index in [4.69, 9.17) is 41.2 Å². The van der Waals surface area contributed by atoms with Gasteiger partial charge >= 0.3 is 0 Å². The number of hydrogen-bond acceptors (Lipinski definition) is 6. The summed E-state index contributed by atoms with van der Waals surface area (Å²) in [5, 5.41) is 4.86. The molecule has 0 spiro atoms. The van der Waals surface area contributed by atoms with Crippen molar-refractivity contribution in [1.29, 1.82) is 0 Å². The van der Waals surface area contributed by atoms with E-state index in [1.54, 1.807) is 30.6 Å². The largest absolute Gasteiger partial charge is 0.366 e. The van der Waals surface area contributed by atoms with E-state index in [1.807, 2.05) is 0 Å². The lowest BCUT2D eigenvalue weighted by Crippen LogP contribution is -2.14. The second-order valence-electron chi connectivity index (χ2n) is 5.06. The lowest BCUT2D eigenvalue weighted by molar-refractivity contribution is 0.0967. The molecule has 0 saturated heterocycles. The molecule has 3 rings (SSSR count). The highest BCUT2D eigenvalue weighted by Gasteiger charge is 2.14. The molecule has 7 nitrogen and oxygen atoms in total. The van der Waals surface area contributed by atoms with Gasteiger partial charge in [0.05, 0.1) is 5.69 Å². The highest BCUT2D eigenvalue weighted by Crippen LogP contribution is 2.20. The minimum absolute atomic E-state index is 0.0925. The molecule has 1 aromatic carbocycles. The van der Waals surface area contributed by atoms with Crippen LogP contribution >= 0.6 is 35.4 Å². The van der Waals surface area contributed by atoms with Crippen LogP contribution in [0.25, 0.3) is 0 Å². The second kappa shape index (κ2) is 7.22. The Labute approximate surface area is 158 Å². The summed E-state index contributed by atoms with van der Waals surface area (Å²) in [6.07, 6.45) is 3.25. The van der Waals surface area contributed by atoms with Crippen molar-refractivity contribution in [1.82, 2.24) is 19.4 Å². The first-order valence-corrected chi connectivity index (χ1v) is 8.22. The number of benzene rings is 1. The van der Waals surface area contributed by atoms with Gasteiger partial charge in [-0.25, -0.2) is 4.68 Å². The Morgan fingerprint density at radius 1 is 1.20 bits per heavy atom. The summed E-state index contributed by atoms with van der Waals surface area (Å²) in [6.45, 7) is -0.0925. The Morgan fingerprint density at radius 3 is 2.48 bits per heavy atom. The Hall–Kier alpha value is -2.42. The smallest absolute Gasteiger partial charge is 0.240 e. The number of pyridine rings is 1. The number of hydrogen-bond donors (Lipinski definition) is 2. The normalized spacial score (nSPS) is 10.6. The SMILES string of the molecule is Nc1nn(CC(=O)c2cc(Cl)cc(Cl)c2)c(=S)n1Nc1ccncc1. The molecule has 0 radical (unpaired) electrons. The molecule has 0 bridgehead atoms. The maximum absolute atomic E-state index is 12.4. The van der Waals surface area contributed by atoms with Crippen molar-refractivity contribution in [3.8, 4) is 0 Å². The molecule has 2 heterocycles.